The molecule has 1 aromatic carbocycles. The van der Waals surface area contributed by atoms with Gasteiger partial charge < -0.3 is 25.3 Å². The third-order valence-corrected chi connectivity index (χ3v) is 3.78. The maximum absolute atomic E-state index is 12.2. The van der Waals surface area contributed by atoms with Gasteiger partial charge in [0.25, 0.3) is 0 Å². The number of hydrogen-bond donors (Lipinski definition) is 2. The number of amides is 1. The number of carbonyl (C=O) groups is 1. The zero-order valence-electron chi connectivity index (χ0n) is 12.6. The second-order valence-electron chi connectivity index (χ2n) is 5.17. The van der Waals surface area contributed by atoms with Gasteiger partial charge in [0, 0.05) is 29.8 Å². The molecule has 2 rings (SSSR count). The van der Waals surface area contributed by atoms with Crippen molar-refractivity contribution < 1.29 is 19.0 Å². The lowest BCUT2D eigenvalue weighted by molar-refractivity contribution is -0.119. The molecule has 2 atom stereocenters. The van der Waals surface area contributed by atoms with E-state index in [1.165, 1.54) is 0 Å². The topological polar surface area (TPSA) is 82.8 Å². The monoisotopic (exact) mass is 294 g/mol. The van der Waals surface area contributed by atoms with E-state index >= 15 is 0 Å². The van der Waals surface area contributed by atoms with E-state index < -0.39 is 0 Å². The third kappa shape index (κ3) is 3.39. The molecule has 0 aromatic heterocycles. The van der Waals surface area contributed by atoms with Gasteiger partial charge in [-0.25, -0.2) is 0 Å². The lowest BCUT2D eigenvalue weighted by atomic mass is 10.1. The minimum Gasteiger partial charge on any atom is -0.493 e. The second-order valence-corrected chi connectivity index (χ2v) is 5.17. The van der Waals surface area contributed by atoms with Crippen LogP contribution in [0.3, 0.4) is 0 Å². The third-order valence-electron chi connectivity index (χ3n) is 3.78. The molecule has 116 valence electrons. The first-order valence-corrected chi connectivity index (χ1v) is 6.95. The number of methoxy groups -OCH3 is 3. The van der Waals surface area contributed by atoms with Gasteiger partial charge in [-0.1, -0.05) is 0 Å². The van der Waals surface area contributed by atoms with Crippen molar-refractivity contribution in [3.8, 4) is 17.2 Å². The predicted molar refractivity (Wildman–Crippen MR) is 80.0 cm³/mol. The Morgan fingerprint density at radius 2 is 1.76 bits per heavy atom. The van der Waals surface area contributed by atoms with Gasteiger partial charge in [-0.2, -0.15) is 0 Å². The summed E-state index contributed by atoms with van der Waals surface area (Å²) in [5.74, 6) is 1.47. The van der Waals surface area contributed by atoms with Gasteiger partial charge in [0.1, 0.15) is 0 Å². The summed E-state index contributed by atoms with van der Waals surface area (Å²) in [7, 11) is 4.62. The summed E-state index contributed by atoms with van der Waals surface area (Å²) in [6, 6.07) is 3.56. The van der Waals surface area contributed by atoms with Crippen molar-refractivity contribution in [1.82, 2.24) is 0 Å². The average Bonchev–Trinajstić information content (AvgIpc) is 2.92. The van der Waals surface area contributed by atoms with E-state index in [9.17, 15) is 4.79 Å². The van der Waals surface area contributed by atoms with Crippen molar-refractivity contribution in [3.63, 3.8) is 0 Å². The Morgan fingerprint density at radius 1 is 1.14 bits per heavy atom. The number of rotatable bonds is 5. The largest absolute Gasteiger partial charge is 0.493 e. The van der Waals surface area contributed by atoms with Crippen LogP contribution in [0.4, 0.5) is 5.69 Å². The number of ether oxygens (including phenoxy) is 3. The van der Waals surface area contributed by atoms with E-state index in [-0.39, 0.29) is 17.9 Å². The highest BCUT2D eigenvalue weighted by Gasteiger charge is 2.28. The number of hydrogen-bond acceptors (Lipinski definition) is 5. The van der Waals surface area contributed by atoms with Crippen LogP contribution in [0, 0.1) is 5.92 Å². The molecule has 0 bridgehead atoms. The number of carbonyl (C=O) groups excluding carboxylic acids is 1. The Bertz CT molecular complexity index is 493. The molecule has 0 radical (unpaired) electrons. The molecular weight excluding hydrogens is 272 g/mol. The minimum atomic E-state index is -0.0286. The number of nitrogens with two attached hydrogens (primary N) is 1. The zero-order valence-corrected chi connectivity index (χ0v) is 12.6. The predicted octanol–water partition coefficient (Wildman–Crippen LogP) is 1.78. The van der Waals surface area contributed by atoms with Crippen molar-refractivity contribution in [2.24, 2.45) is 11.7 Å². The van der Waals surface area contributed by atoms with E-state index in [4.69, 9.17) is 19.9 Å². The summed E-state index contributed by atoms with van der Waals surface area (Å²) in [6.07, 6.45) is 2.46. The second kappa shape index (κ2) is 6.67. The van der Waals surface area contributed by atoms with E-state index in [1.54, 1.807) is 33.5 Å². The molecule has 0 aliphatic heterocycles. The van der Waals surface area contributed by atoms with E-state index in [0.29, 0.717) is 22.9 Å². The zero-order chi connectivity index (χ0) is 15.4. The van der Waals surface area contributed by atoms with Crippen LogP contribution in [0.25, 0.3) is 0 Å². The minimum absolute atomic E-state index is 0.0165. The molecule has 6 nitrogen and oxygen atoms in total. The van der Waals surface area contributed by atoms with E-state index in [1.807, 2.05) is 0 Å². The van der Waals surface area contributed by atoms with Gasteiger partial charge in [0.15, 0.2) is 11.5 Å². The summed E-state index contributed by atoms with van der Waals surface area (Å²) in [5.41, 5.74) is 6.47. The molecule has 1 saturated carbocycles. The highest BCUT2D eigenvalue weighted by molar-refractivity contribution is 5.93. The fourth-order valence-electron chi connectivity index (χ4n) is 2.65. The molecule has 1 aliphatic rings. The lowest BCUT2D eigenvalue weighted by Gasteiger charge is -2.16. The molecule has 21 heavy (non-hydrogen) atoms. The van der Waals surface area contributed by atoms with Crippen LogP contribution in [0.2, 0.25) is 0 Å². The Hall–Kier alpha value is -1.95. The molecule has 0 heterocycles. The summed E-state index contributed by atoms with van der Waals surface area (Å²) in [6.45, 7) is 0. The normalized spacial score (nSPS) is 21.0. The van der Waals surface area contributed by atoms with Crippen molar-refractivity contribution >= 4 is 11.6 Å². The molecular formula is C15H22N2O4. The first-order valence-electron chi connectivity index (χ1n) is 6.95. The van der Waals surface area contributed by atoms with Crippen LogP contribution < -0.4 is 25.3 Å². The van der Waals surface area contributed by atoms with Crippen LogP contribution in [-0.2, 0) is 4.79 Å². The Balaban J connectivity index is 2.18. The molecule has 0 spiro atoms. The van der Waals surface area contributed by atoms with E-state index in [0.717, 1.165) is 19.3 Å². The standard InChI is InChI=1S/C15H22N2O4/c1-19-12-7-11(8-13(20-2)14(12)21-3)17-15(18)9-4-5-10(16)6-9/h7-10H,4-6,16H2,1-3H3,(H,17,18). The van der Waals surface area contributed by atoms with Gasteiger partial charge in [-0.3, -0.25) is 4.79 Å². The van der Waals surface area contributed by atoms with Gasteiger partial charge >= 0.3 is 0 Å². The molecule has 0 saturated heterocycles. The molecule has 2 unspecified atom stereocenters. The lowest BCUT2D eigenvalue weighted by Crippen LogP contribution is -2.23. The maximum Gasteiger partial charge on any atom is 0.227 e. The van der Waals surface area contributed by atoms with E-state index in [2.05, 4.69) is 5.32 Å². The maximum atomic E-state index is 12.2. The smallest absolute Gasteiger partial charge is 0.227 e. The molecule has 1 aromatic rings. The van der Waals surface area contributed by atoms with Crippen molar-refractivity contribution in [2.75, 3.05) is 26.6 Å². The summed E-state index contributed by atoms with van der Waals surface area (Å²) < 4.78 is 15.8. The van der Waals surface area contributed by atoms with Crippen molar-refractivity contribution in [3.05, 3.63) is 12.1 Å². The Kier molecular flexibility index (Phi) is 4.90. The first-order chi connectivity index (χ1) is 10.1. The van der Waals surface area contributed by atoms with Crippen LogP contribution >= 0.6 is 0 Å². The highest BCUT2D eigenvalue weighted by atomic mass is 16.5. The molecule has 1 fully saturated rings. The van der Waals surface area contributed by atoms with Crippen LogP contribution in [0.15, 0.2) is 12.1 Å². The Morgan fingerprint density at radius 3 is 2.19 bits per heavy atom. The summed E-state index contributed by atoms with van der Waals surface area (Å²) in [5, 5.41) is 2.90. The van der Waals surface area contributed by atoms with Crippen molar-refractivity contribution in [2.45, 2.75) is 25.3 Å². The highest BCUT2D eigenvalue weighted by Crippen LogP contribution is 2.40. The molecule has 6 heteroatoms. The summed E-state index contributed by atoms with van der Waals surface area (Å²) >= 11 is 0. The number of anilines is 1. The fourth-order valence-corrected chi connectivity index (χ4v) is 2.65. The Labute approximate surface area is 124 Å². The molecule has 1 amide bonds. The van der Waals surface area contributed by atoms with Crippen LogP contribution in [-0.4, -0.2) is 33.3 Å². The van der Waals surface area contributed by atoms with Gasteiger partial charge in [0.2, 0.25) is 11.7 Å². The van der Waals surface area contributed by atoms with Crippen molar-refractivity contribution in [1.29, 1.82) is 0 Å². The average molecular weight is 294 g/mol. The number of benzene rings is 1. The number of nitrogens with one attached hydrogen (secondary N) is 1. The fraction of sp³-hybridized carbons (Fsp3) is 0.533. The van der Waals surface area contributed by atoms with Gasteiger partial charge in [-0.15, -0.1) is 0 Å². The first kappa shape index (κ1) is 15.4. The molecule has 3 N–H and O–H groups in total. The summed E-state index contributed by atoms with van der Waals surface area (Å²) in [4.78, 5) is 12.2. The van der Waals surface area contributed by atoms with Gasteiger partial charge in [0.05, 0.1) is 21.3 Å². The van der Waals surface area contributed by atoms with Gasteiger partial charge in [-0.05, 0) is 19.3 Å². The SMILES string of the molecule is COc1cc(NC(=O)C2CCC(N)C2)cc(OC)c1OC. The van der Waals surface area contributed by atoms with Crippen LogP contribution in [0.5, 0.6) is 17.2 Å². The molecule has 1 aliphatic carbocycles. The quantitative estimate of drug-likeness (QED) is 0.865. The van der Waals surface area contributed by atoms with Crippen LogP contribution in [0.1, 0.15) is 19.3 Å².